The Morgan fingerprint density at radius 2 is 1.81 bits per heavy atom. The van der Waals surface area contributed by atoms with Crippen LogP contribution in [0.1, 0.15) is 50.4 Å². The quantitative estimate of drug-likeness (QED) is 0.593. The number of nitrogens with zero attached hydrogens (tertiary/aromatic N) is 2. The number of ether oxygens (including phenoxy) is 2. The third-order valence-corrected chi connectivity index (χ3v) is 5.60. The van der Waals surface area contributed by atoms with Crippen LogP contribution < -0.4 is 9.47 Å². The number of carbonyl (C=O) groups excluding carboxylic acids is 2. The summed E-state index contributed by atoms with van der Waals surface area (Å²) in [6.45, 7) is 8.09. The fourth-order valence-electron chi connectivity index (χ4n) is 3.87. The van der Waals surface area contributed by atoms with Gasteiger partial charge in [-0.1, -0.05) is 20.3 Å². The van der Waals surface area contributed by atoms with E-state index in [9.17, 15) is 9.59 Å². The number of carbonyl (C=O) groups is 2. The number of ketones is 1. The van der Waals surface area contributed by atoms with Crippen molar-refractivity contribution in [2.75, 3.05) is 14.2 Å². The monoisotopic (exact) mass is 426 g/mol. The maximum atomic E-state index is 13.5. The van der Waals surface area contributed by atoms with Crippen LogP contribution in [0.3, 0.4) is 0 Å². The molecule has 1 atom stereocenters. The van der Waals surface area contributed by atoms with Crippen LogP contribution >= 0.6 is 0 Å². The van der Waals surface area contributed by atoms with Crippen LogP contribution in [0, 0.1) is 0 Å². The van der Waals surface area contributed by atoms with Crippen molar-refractivity contribution in [3.05, 3.63) is 48.0 Å². The van der Waals surface area contributed by atoms with Gasteiger partial charge in [0, 0.05) is 5.39 Å². The number of benzene rings is 1. The number of methoxy groups -OCH3 is 2. The minimum absolute atomic E-state index is 0.0956. The maximum absolute atomic E-state index is 13.5. The highest BCUT2D eigenvalue weighted by Crippen LogP contribution is 2.40. The van der Waals surface area contributed by atoms with E-state index in [0.717, 1.165) is 10.9 Å². The van der Waals surface area contributed by atoms with Gasteiger partial charge in [0.15, 0.2) is 5.78 Å². The van der Waals surface area contributed by atoms with Gasteiger partial charge in [-0.25, -0.2) is 0 Å². The fourth-order valence-corrected chi connectivity index (χ4v) is 3.87. The van der Waals surface area contributed by atoms with Crippen LogP contribution in [0.4, 0.5) is 0 Å². The third kappa shape index (κ3) is 3.80. The second kappa shape index (κ2) is 8.88. The Balaban J connectivity index is 0.000000858. The molecule has 2 aromatic heterocycles. The zero-order valence-electron chi connectivity index (χ0n) is 19.0. The van der Waals surface area contributed by atoms with Crippen molar-refractivity contribution in [3.63, 3.8) is 0 Å². The number of amides is 1. The van der Waals surface area contributed by atoms with Crippen LogP contribution in [-0.2, 0) is 17.9 Å². The van der Waals surface area contributed by atoms with Crippen LogP contribution in [-0.4, -0.2) is 40.9 Å². The largest absolute Gasteiger partial charge is 0.496 e. The molecular weight excluding hydrogens is 396 g/mol. The molecule has 1 amide bonds. The average Bonchev–Trinajstić information content (AvgIpc) is 3.39. The number of hydrogen-bond donors (Lipinski definition) is 0. The lowest BCUT2D eigenvalue weighted by Gasteiger charge is -2.43. The molecule has 1 unspecified atom stereocenters. The normalized spacial score (nSPS) is 17.7. The van der Waals surface area contributed by atoms with Crippen molar-refractivity contribution in [1.82, 2.24) is 9.47 Å². The van der Waals surface area contributed by atoms with E-state index in [2.05, 4.69) is 13.8 Å². The molecule has 166 valence electrons. The van der Waals surface area contributed by atoms with Crippen molar-refractivity contribution in [2.24, 2.45) is 0 Å². The molecule has 1 aliphatic rings. The number of aromatic nitrogens is 1. The van der Waals surface area contributed by atoms with Crippen molar-refractivity contribution < 1.29 is 23.5 Å². The second-order valence-corrected chi connectivity index (χ2v) is 7.86. The Bertz CT molecular complexity index is 1080. The van der Waals surface area contributed by atoms with Gasteiger partial charge in [0.2, 0.25) is 0 Å². The van der Waals surface area contributed by atoms with Gasteiger partial charge in [-0.3, -0.25) is 9.59 Å². The van der Waals surface area contributed by atoms with Crippen LogP contribution in [0.15, 0.2) is 41.0 Å². The van der Waals surface area contributed by atoms with E-state index >= 15 is 0 Å². The van der Waals surface area contributed by atoms with E-state index in [1.54, 1.807) is 56.6 Å². The first kappa shape index (κ1) is 22.5. The number of hydrogen-bond acceptors (Lipinski definition) is 5. The zero-order valence-corrected chi connectivity index (χ0v) is 19.0. The van der Waals surface area contributed by atoms with E-state index < -0.39 is 5.54 Å². The van der Waals surface area contributed by atoms with Gasteiger partial charge in [-0.2, -0.15) is 0 Å². The van der Waals surface area contributed by atoms with Gasteiger partial charge in [0.05, 0.1) is 39.1 Å². The lowest BCUT2D eigenvalue weighted by atomic mass is 9.91. The van der Waals surface area contributed by atoms with Crippen LogP contribution in [0.5, 0.6) is 11.5 Å². The summed E-state index contributed by atoms with van der Waals surface area (Å²) in [5, 5.41) is 0.774. The first-order valence-corrected chi connectivity index (χ1v) is 10.4. The van der Waals surface area contributed by atoms with Gasteiger partial charge < -0.3 is 23.4 Å². The SMILES string of the molecule is CCC.COc1ccc(OC)c2c1cc1n2CC(C)(C(C)=O)N(Cc2ccco2)C1=O. The average molecular weight is 427 g/mol. The van der Waals surface area contributed by atoms with E-state index in [-0.39, 0.29) is 18.2 Å². The minimum atomic E-state index is -1.02. The molecule has 0 radical (unpaired) electrons. The topological polar surface area (TPSA) is 73.9 Å². The molecule has 3 aromatic rings. The highest BCUT2D eigenvalue weighted by molar-refractivity contribution is 6.05. The fraction of sp³-hybridized carbons (Fsp3) is 0.417. The molecule has 0 saturated heterocycles. The van der Waals surface area contributed by atoms with E-state index in [1.165, 1.54) is 13.3 Å². The zero-order chi connectivity index (χ0) is 22.8. The van der Waals surface area contributed by atoms with Gasteiger partial charge in [-0.05, 0) is 44.2 Å². The van der Waals surface area contributed by atoms with Gasteiger partial charge in [-0.15, -0.1) is 0 Å². The highest BCUT2D eigenvalue weighted by Gasteiger charge is 2.46. The van der Waals surface area contributed by atoms with Crippen molar-refractivity contribution >= 4 is 22.6 Å². The van der Waals surface area contributed by atoms with Crippen molar-refractivity contribution in [3.8, 4) is 11.5 Å². The third-order valence-electron chi connectivity index (χ3n) is 5.60. The predicted molar refractivity (Wildman–Crippen MR) is 119 cm³/mol. The molecule has 0 saturated carbocycles. The van der Waals surface area contributed by atoms with Gasteiger partial charge >= 0.3 is 0 Å². The summed E-state index contributed by atoms with van der Waals surface area (Å²) in [5.74, 6) is 1.57. The van der Waals surface area contributed by atoms with E-state index in [0.29, 0.717) is 29.5 Å². The lowest BCUT2D eigenvalue weighted by molar-refractivity contribution is -0.128. The predicted octanol–water partition coefficient (Wildman–Crippen LogP) is 4.67. The Morgan fingerprint density at radius 1 is 1.16 bits per heavy atom. The summed E-state index contributed by atoms with van der Waals surface area (Å²) < 4.78 is 18.3. The van der Waals surface area contributed by atoms with Gasteiger partial charge in [0.1, 0.15) is 28.5 Å². The second-order valence-electron chi connectivity index (χ2n) is 7.86. The van der Waals surface area contributed by atoms with Crippen LogP contribution in [0.2, 0.25) is 0 Å². The molecule has 0 fully saturated rings. The first-order valence-electron chi connectivity index (χ1n) is 10.4. The van der Waals surface area contributed by atoms with Gasteiger partial charge in [0.25, 0.3) is 5.91 Å². The highest BCUT2D eigenvalue weighted by atomic mass is 16.5. The standard InChI is InChI=1S/C21H22N2O5.C3H8/c1-13(24)21(2)12-22-16(20(25)23(21)11-14-6-5-9-28-14)10-15-17(26-3)7-8-18(27-4)19(15)22;1-3-2/h5-10H,11-12H2,1-4H3;3H2,1-2H3. The molecule has 0 spiro atoms. The molecule has 3 heterocycles. The maximum Gasteiger partial charge on any atom is 0.271 e. The summed E-state index contributed by atoms with van der Waals surface area (Å²) >= 11 is 0. The smallest absolute Gasteiger partial charge is 0.271 e. The van der Waals surface area contributed by atoms with Crippen LogP contribution in [0.25, 0.3) is 10.9 Å². The Hall–Kier alpha value is -3.22. The molecule has 4 rings (SSSR count). The molecule has 7 heteroatoms. The van der Waals surface area contributed by atoms with Crippen molar-refractivity contribution in [2.45, 2.75) is 52.7 Å². The molecular formula is C24H30N2O5. The molecule has 7 nitrogen and oxygen atoms in total. The lowest BCUT2D eigenvalue weighted by Crippen LogP contribution is -2.59. The summed E-state index contributed by atoms with van der Waals surface area (Å²) in [7, 11) is 3.17. The minimum Gasteiger partial charge on any atom is -0.496 e. The molecule has 0 aliphatic carbocycles. The van der Waals surface area contributed by atoms with Crippen molar-refractivity contribution in [1.29, 1.82) is 0 Å². The molecule has 0 bridgehead atoms. The summed E-state index contributed by atoms with van der Waals surface area (Å²) in [6, 6.07) is 8.97. The molecule has 1 aliphatic heterocycles. The molecule has 0 N–H and O–H groups in total. The number of rotatable bonds is 5. The van der Waals surface area contributed by atoms with E-state index in [4.69, 9.17) is 13.9 Å². The Labute approximate surface area is 182 Å². The first-order chi connectivity index (χ1) is 14.8. The summed E-state index contributed by atoms with van der Waals surface area (Å²) in [5.41, 5.74) is 0.218. The summed E-state index contributed by atoms with van der Waals surface area (Å²) in [6.07, 6.45) is 2.81. The number of fused-ring (bicyclic) bond motifs is 3. The summed E-state index contributed by atoms with van der Waals surface area (Å²) in [4.78, 5) is 27.7. The Morgan fingerprint density at radius 3 is 2.35 bits per heavy atom. The number of furan rings is 1. The molecule has 31 heavy (non-hydrogen) atoms. The van der Waals surface area contributed by atoms with E-state index in [1.807, 2.05) is 10.6 Å². The number of Topliss-reactive ketones (excluding diaryl/α,β-unsaturated/α-hetero) is 1. The molecule has 1 aromatic carbocycles. The Kier molecular flexibility index (Phi) is 6.43.